The van der Waals surface area contributed by atoms with Gasteiger partial charge in [0, 0.05) is 26.2 Å². The van der Waals surface area contributed by atoms with E-state index in [4.69, 9.17) is 0 Å². The smallest absolute Gasteiger partial charge is 0.335 e. The molecule has 1 aromatic rings. The summed E-state index contributed by atoms with van der Waals surface area (Å²) in [7, 11) is 0. The molecule has 1 N–H and O–H groups in total. The number of nitrogens with one attached hydrogen (secondary N) is 1. The molecule has 1 aromatic heterocycles. The van der Waals surface area contributed by atoms with Gasteiger partial charge in [-0.2, -0.15) is 8.78 Å². The van der Waals surface area contributed by atoms with Crippen LogP contribution in [0.1, 0.15) is 4.88 Å². The van der Waals surface area contributed by atoms with E-state index in [9.17, 15) is 13.6 Å². The third kappa shape index (κ3) is 2.08. The molecule has 2 rings (SSSR count). The van der Waals surface area contributed by atoms with E-state index < -0.39 is 11.8 Å². The van der Waals surface area contributed by atoms with Gasteiger partial charge in [0.05, 0.1) is 4.88 Å². The number of hydrogen-bond acceptors (Lipinski definition) is 3. The molecular weight excluding hydrogens is 234 g/mol. The molecule has 3 nitrogen and oxygen atoms in total. The van der Waals surface area contributed by atoms with E-state index in [0.29, 0.717) is 26.2 Å². The first-order valence-electron chi connectivity index (χ1n) is 5.04. The summed E-state index contributed by atoms with van der Waals surface area (Å²) in [5.41, 5.74) is 0. The van der Waals surface area contributed by atoms with E-state index >= 15 is 0 Å². The van der Waals surface area contributed by atoms with Crippen molar-refractivity contribution in [1.82, 2.24) is 10.2 Å². The number of halogens is 2. The Labute approximate surface area is 96.1 Å². The van der Waals surface area contributed by atoms with Crippen molar-refractivity contribution in [3.05, 3.63) is 22.4 Å². The first-order chi connectivity index (χ1) is 7.62. The van der Waals surface area contributed by atoms with E-state index in [0.717, 1.165) is 11.3 Å². The molecule has 0 aliphatic carbocycles. The highest BCUT2D eigenvalue weighted by molar-refractivity contribution is 7.10. The van der Waals surface area contributed by atoms with Crippen molar-refractivity contribution in [3.63, 3.8) is 0 Å². The highest BCUT2D eigenvalue weighted by Crippen LogP contribution is 2.33. The molecule has 0 radical (unpaired) electrons. The maximum absolute atomic E-state index is 13.8. The van der Waals surface area contributed by atoms with Crippen LogP contribution in [-0.4, -0.2) is 37.0 Å². The molecule has 0 unspecified atom stereocenters. The number of piperazine rings is 1. The lowest BCUT2D eigenvalue weighted by Gasteiger charge is -2.30. The number of carbonyl (C=O) groups is 1. The number of amides is 1. The summed E-state index contributed by atoms with van der Waals surface area (Å²) in [6.45, 7) is 1.85. The second-order valence-electron chi connectivity index (χ2n) is 3.59. The van der Waals surface area contributed by atoms with Gasteiger partial charge < -0.3 is 10.2 Å². The standard InChI is InChI=1S/C10H12F2N2OS/c11-10(12,8-2-1-7-16-8)9(15)14-5-3-13-4-6-14/h1-2,7,13H,3-6H2. The van der Waals surface area contributed by atoms with Gasteiger partial charge in [-0.05, 0) is 11.4 Å². The third-order valence-corrected chi connectivity index (χ3v) is 3.44. The van der Waals surface area contributed by atoms with Crippen LogP contribution in [0.3, 0.4) is 0 Å². The predicted octanol–water partition coefficient (Wildman–Crippen LogP) is 1.27. The van der Waals surface area contributed by atoms with Gasteiger partial charge in [0.1, 0.15) is 0 Å². The number of hydrogen-bond donors (Lipinski definition) is 1. The predicted molar refractivity (Wildman–Crippen MR) is 57.7 cm³/mol. The SMILES string of the molecule is O=C(N1CCNCC1)C(F)(F)c1cccs1. The van der Waals surface area contributed by atoms with Crippen molar-refractivity contribution in [2.24, 2.45) is 0 Å². The minimum absolute atomic E-state index is 0.184. The topological polar surface area (TPSA) is 32.3 Å². The lowest BCUT2D eigenvalue weighted by atomic mass is 10.2. The van der Waals surface area contributed by atoms with Crippen LogP contribution in [-0.2, 0) is 10.7 Å². The summed E-state index contributed by atoms with van der Waals surface area (Å²) < 4.78 is 27.5. The Hall–Kier alpha value is -1.01. The molecule has 1 saturated heterocycles. The summed E-state index contributed by atoms with van der Waals surface area (Å²) >= 11 is 0.909. The number of nitrogens with zero attached hydrogens (tertiary/aromatic N) is 1. The van der Waals surface area contributed by atoms with Crippen LogP contribution >= 0.6 is 11.3 Å². The molecule has 16 heavy (non-hydrogen) atoms. The minimum Gasteiger partial charge on any atom is -0.335 e. The van der Waals surface area contributed by atoms with Gasteiger partial charge in [0.15, 0.2) is 0 Å². The van der Waals surface area contributed by atoms with Gasteiger partial charge >= 0.3 is 5.92 Å². The Morgan fingerprint density at radius 1 is 1.44 bits per heavy atom. The molecule has 0 aromatic carbocycles. The van der Waals surface area contributed by atoms with Crippen molar-refractivity contribution in [2.75, 3.05) is 26.2 Å². The molecular formula is C10H12F2N2OS. The van der Waals surface area contributed by atoms with Gasteiger partial charge in [0.2, 0.25) is 0 Å². The quantitative estimate of drug-likeness (QED) is 0.852. The van der Waals surface area contributed by atoms with E-state index in [1.807, 2.05) is 0 Å². The van der Waals surface area contributed by atoms with Crippen LogP contribution in [0.4, 0.5) is 8.78 Å². The summed E-state index contributed by atoms with van der Waals surface area (Å²) in [5, 5.41) is 4.57. The lowest BCUT2D eigenvalue weighted by molar-refractivity contribution is -0.159. The van der Waals surface area contributed by atoms with E-state index in [1.54, 1.807) is 5.38 Å². The summed E-state index contributed by atoms with van der Waals surface area (Å²) in [6.07, 6.45) is 0. The van der Waals surface area contributed by atoms with E-state index in [-0.39, 0.29) is 4.88 Å². The summed E-state index contributed by atoms with van der Waals surface area (Å²) in [4.78, 5) is 12.7. The van der Waals surface area contributed by atoms with Crippen LogP contribution in [0.25, 0.3) is 0 Å². The Kier molecular flexibility index (Phi) is 3.20. The molecule has 0 bridgehead atoms. The first-order valence-corrected chi connectivity index (χ1v) is 5.92. The molecule has 1 fully saturated rings. The maximum Gasteiger partial charge on any atom is 0.358 e. The largest absolute Gasteiger partial charge is 0.358 e. The third-order valence-electron chi connectivity index (χ3n) is 2.50. The van der Waals surface area contributed by atoms with Crippen molar-refractivity contribution in [3.8, 4) is 0 Å². The van der Waals surface area contributed by atoms with Crippen LogP contribution in [0, 0.1) is 0 Å². The molecule has 1 aliphatic rings. The second-order valence-corrected chi connectivity index (χ2v) is 4.54. The van der Waals surface area contributed by atoms with Crippen molar-refractivity contribution >= 4 is 17.2 Å². The van der Waals surface area contributed by atoms with Crippen LogP contribution in [0.2, 0.25) is 0 Å². The average Bonchev–Trinajstić information content (AvgIpc) is 2.83. The Morgan fingerprint density at radius 2 is 2.12 bits per heavy atom. The lowest BCUT2D eigenvalue weighted by Crippen LogP contribution is -2.50. The minimum atomic E-state index is -3.38. The highest BCUT2D eigenvalue weighted by atomic mass is 32.1. The Balaban J connectivity index is 2.13. The fraction of sp³-hybridized carbons (Fsp3) is 0.500. The molecule has 1 amide bonds. The Morgan fingerprint density at radius 3 is 2.69 bits per heavy atom. The van der Waals surface area contributed by atoms with Gasteiger partial charge in [-0.1, -0.05) is 6.07 Å². The zero-order valence-electron chi connectivity index (χ0n) is 8.58. The maximum atomic E-state index is 13.8. The molecule has 88 valence electrons. The number of thiophene rings is 1. The summed E-state index contributed by atoms with van der Waals surface area (Å²) in [5.74, 6) is -4.47. The Bertz CT molecular complexity index is 361. The number of rotatable bonds is 2. The van der Waals surface area contributed by atoms with E-state index in [2.05, 4.69) is 5.32 Å². The average molecular weight is 246 g/mol. The molecule has 2 heterocycles. The fourth-order valence-corrected chi connectivity index (χ4v) is 2.33. The first kappa shape index (κ1) is 11.5. The molecule has 1 aliphatic heterocycles. The van der Waals surface area contributed by atoms with Gasteiger partial charge in [0.25, 0.3) is 5.91 Å². The molecule has 0 atom stereocenters. The number of alkyl halides is 2. The van der Waals surface area contributed by atoms with Gasteiger partial charge in [-0.25, -0.2) is 0 Å². The summed E-state index contributed by atoms with van der Waals surface area (Å²) in [6, 6.07) is 2.82. The van der Waals surface area contributed by atoms with Crippen LogP contribution < -0.4 is 5.32 Å². The zero-order valence-corrected chi connectivity index (χ0v) is 9.40. The van der Waals surface area contributed by atoms with Gasteiger partial charge in [-0.15, -0.1) is 11.3 Å². The van der Waals surface area contributed by atoms with Crippen molar-refractivity contribution in [1.29, 1.82) is 0 Å². The molecule has 6 heteroatoms. The molecule has 0 spiro atoms. The van der Waals surface area contributed by atoms with E-state index in [1.165, 1.54) is 17.0 Å². The zero-order chi connectivity index (χ0) is 11.6. The van der Waals surface area contributed by atoms with Crippen LogP contribution in [0.15, 0.2) is 17.5 Å². The monoisotopic (exact) mass is 246 g/mol. The fourth-order valence-electron chi connectivity index (χ4n) is 1.63. The van der Waals surface area contributed by atoms with Crippen molar-refractivity contribution < 1.29 is 13.6 Å². The molecule has 0 saturated carbocycles. The van der Waals surface area contributed by atoms with Crippen LogP contribution in [0.5, 0.6) is 0 Å². The van der Waals surface area contributed by atoms with Crippen molar-refractivity contribution in [2.45, 2.75) is 5.92 Å². The highest BCUT2D eigenvalue weighted by Gasteiger charge is 2.44. The normalized spacial score (nSPS) is 17.5. The number of carbonyl (C=O) groups excluding carboxylic acids is 1. The second kappa shape index (κ2) is 4.47. The van der Waals surface area contributed by atoms with Gasteiger partial charge in [-0.3, -0.25) is 4.79 Å².